The minimum absolute atomic E-state index is 0.0917. The summed E-state index contributed by atoms with van der Waals surface area (Å²) >= 11 is 1.39. The maximum absolute atomic E-state index is 12.4. The molecule has 1 amide bonds. The number of rotatable bonds is 5. The molecule has 0 radical (unpaired) electrons. The molecule has 11 heteroatoms. The van der Waals surface area contributed by atoms with Gasteiger partial charge in [-0.2, -0.15) is 0 Å². The second kappa shape index (κ2) is 6.84. The van der Waals surface area contributed by atoms with Crippen molar-refractivity contribution in [3.8, 4) is 0 Å². The molecule has 0 bridgehead atoms. The number of thioether (sulfide) groups is 1. The van der Waals surface area contributed by atoms with E-state index < -0.39 is 9.84 Å². The highest BCUT2D eigenvalue weighted by molar-refractivity contribution is 7.99. The van der Waals surface area contributed by atoms with Crippen molar-refractivity contribution >= 4 is 27.5 Å². The molecule has 138 valence electrons. The Kier molecular flexibility index (Phi) is 4.71. The summed E-state index contributed by atoms with van der Waals surface area (Å²) in [5.74, 6) is 0.989. The Labute approximate surface area is 151 Å². The van der Waals surface area contributed by atoms with Crippen molar-refractivity contribution in [3.05, 3.63) is 0 Å². The van der Waals surface area contributed by atoms with Crippen LogP contribution in [0.4, 0.5) is 0 Å². The number of aromatic nitrogens is 4. The molecule has 1 atom stereocenters. The Morgan fingerprint density at radius 3 is 2.52 bits per heavy atom. The number of hydrogen-bond donors (Lipinski definition) is 0. The zero-order valence-corrected chi connectivity index (χ0v) is 15.6. The van der Waals surface area contributed by atoms with Gasteiger partial charge < -0.3 is 4.90 Å². The average Bonchev–Trinajstić information content (AvgIpc) is 3.23. The van der Waals surface area contributed by atoms with Crippen molar-refractivity contribution in [1.29, 1.82) is 0 Å². The number of carbonyl (C=O) groups is 1. The summed E-state index contributed by atoms with van der Waals surface area (Å²) in [5.41, 5.74) is 0. The molecule has 1 saturated carbocycles. The number of tetrazole rings is 1. The fourth-order valence-electron chi connectivity index (χ4n) is 3.45. The highest BCUT2D eigenvalue weighted by Crippen LogP contribution is 2.36. The van der Waals surface area contributed by atoms with Crippen LogP contribution in [-0.2, 0) is 14.6 Å². The number of nitrogens with zero attached hydrogens (tertiary/aromatic N) is 6. The van der Waals surface area contributed by atoms with Gasteiger partial charge in [0.15, 0.2) is 9.84 Å². The molecule has 1 aliphatic carbocycles. The molecule has 25 heavy (non-hydrogen) atoms. The lowest BCUT2D eigenvalue weighted by Gasteiger charge is -2.37. The highest BCUT2D eigenvalue weighted by Gasteiger charge is 2.34. The zero-order valence-electron chi connectivity index (χ0n) is 14.0. The Balaban J connectivity index is 1.25. The Hall–Kier alpha value is -1.20. The van der Waals surface area contributed by atoms with Crippen LogP contribution in [0.1, 0.15) is 25.3 Å². The van der Waals surface area contributed by atoms with E-state index in [1.165, 1.54) is 11.8 Å². The Morgan fingerprint density at radius 1 is 1.12 bits per heavy atom. The molecule has 1 aromatic rings. The minimum atomic E-state index is -2.86. The molecule has 0 spiro atoms. The van der Waals surface area contributed by atoms with E-state index in [4.69, 9.17) is 0 Å². The smallest absolute Gasteiger partial charge is 0.233 e. The van der Waals surface area contributed by atoms with Crippen LogP contribution in [0, 0.1) is 0 Å². The minimum Gasteiger partial charge on any atom is -0.339 e. The molecule has 3 heterocycles. The van der Waals surface area contributed by atoms with E-state index in [0.29, 0.717) is 35.8 Å². The Morgan fingerprint density at radius 2 is 1.88 bits per heavy atom. The summed E-state index contributed by atoms with van der Waals surface area (Å²) in [5, 5.41) is 12.4. The summed E-state index contributed by atoms with van der Waals surface area (Å²) in [4.78, 5) is 16.5. The van der Waals surface area contributed by atoms with Crippen molar-refractivity contribution in [3.63, 3.8) is 0 Å². The fourth-order valence-corrected chi connectivity index (χ4v) is 6.06. The summed E-state index contributed by atoms with van der Waals surface area (Å²) in [7, 11) is -2.86. The van der Waals surface area contributed by atoms with Crippen molar-refractivity contribution in [2.45, 2.75) is 36.5 Å². The van der Waals surface area contributed by atoms with Crippen LogP contribution in [0.15, 0.2) is 5.16 Å². The molecule has 0 aromatic carbocycles. The average molecular weight is 387 g/mol. The molecule has 1 aromatic heterocycles. The lowest BCUT2D eigenvalue weighted by atomic mass is 10.2. The molecule has 3 fully saturated rings. The van der Waals surface area contributed by atoms with E-state index >= 15 is 0 Å². The van der Waals surface area contributed by atoms with E-state index in [1.807, 2.05) is 9.58 Å². The third-order valence-electron chi connectivity index (χ3n) is 5.07. The lowest BCUT2D eigenvalue weighted by Crippen LogP contribution is -2.52. The van der Waals surface area contributed by atoms with Gasteiger partial charge in [0.05, 0.1) is 23.3 Å². The van der Waals surface area contributed by atoms with Crippen molar-refractivity contribution in [1.82, 2.24) is 30.0 Å². The fraction of sp³-hybridized carbons (Fsp3) is 0.857. The van der Waals surface area contributed by atoms with Gasteiger partial charge in [-0.05, 0) is 29.7 Å². The van der Waals surface area contributed by atoms with Gasteiger partial charge in [-0.1, -0.05) is 11.8 Å². The normalized spacial score (nSPS) is 26.9. The molecule has 4 rings (SSSR count). The van der Waals surface area contributed by atoms with Gasteiger partial charge in [-0.25, -0.2) is 13.1 Å². The second-order valence-corrected chi connectivity index (χ2v) is 10.1. The van der Waals surface area contributed by atoms with Crippen LogP contribution in [0.3, 0.4) is 0 Å². The van der Waals surface area contributed by atoms with Crippen molar-refractivity contribution < 1.29 is 13.2 Å². The van der Waals surface area contributed by atoms with Gasteiger partial charge in [0.2, 0.25) is 11.1 Å². The van der Waals surface area contributed by atoms with Crippen LogP contribution in [0.25, 0.3) is 0 Å². The first kappa shape index (κ1) is 17.2. The molecule has 9 nitrogen and oxygen atoms in total. The van der Waals surface area contributed by atoms with E-state index in [0.717, 1.165) is 32.4 Å². The second-order valence-electron chi connectivity index (χ2n) is 6.90. The maximum atomic E-state index is 12.4. The van der Waals surface area contributed by atoms with Crippen molar-refractivity contribution in [2.24, 2.45) is 0 Å². The van der Waals surface area contributed by atoms with Gasteiger partial charge in [0.1, 0.15) is 0 Å². The van der Waals surface area contributed by atoms with Crippen LogP contribution < -0.4 is 0 Å². The summed E-state index contributed by atoms with van der Waals surface area (Å²) in [6, 6.07) is 0.527. The van der Waals surface area contributed by atoms with Crippen LogP contribution in [-0.4, -0.2) is 93.8 Å². The number of carbonyl (C=O) groups excluding carboxylic acids is 1. The number of amides is 1. The quantitative estimate of drug-likeness (QED) is 0.620. The van der Waals surface area contributed by atoms with Gasteiger partial charge >= 0.3 is 0 Å². The maximum Gasteiger partial charge on any atom is 0.233 e. The molecule has 0 unspecified atom stereocenters. The van der Waals surface area contributed by atoms with Gasteiger partial charge in [0, 0.05) is 32.2 Å². The summed E-state index contributed by atoms with van der Waals surface area (Å²) in [6.07, 6.45) is 2.92. The van der Waals surface area contributed by atoms with E-state index in [-0.39, 0.29) is 17.7 Å². The molecule has 3 aliphatic rings. The van der Waals surface area contributed by atoms with E-state index in [9.17, 15) is 13.2 Å². The monoisotopic (exact) mass is 386 g/mol. The molecule has 2 aliphatic heterocycles. The first-order valence-corrected chi connectivity index (χ1v) is 11.5. The zero-order chi connectivity index (χ0) is 17.4. The highest BCUT2D eigenvalue weighted by atomic mass is 32.2. The predicted molar refractivity (Wildman–Crippen MR) is 92.0 cm³/mol. The van der Waals surface area contributed by atoms with Crippen LogP contribution in [0.2, 0.25) is 0 Å². The molecular formula is C14H22N6O3S2. The van der Waals surface area contributed by atoms with Crippen LogP contribution in [0.5, 0.6) is 0 Å². The number of sulfone groups is 1. The number of hydrogen-bond acceptors (Lipinski definition) is 8. The molecule has 2 saturated heterocycles. The van der Waals surface area contributed by atoms with Crippen LogP contribution >= 0.6 is 11.8 Å². The predicted octanol–water partition coefficient (Wildman–Crippen LogP) is -0.569. The standard InChI is InChI=1S/C14H22N6O3S2/c21-13(9-24-14-15-16-17-20(14)11-1-2-11)19-6-4-18(5-7-19)12-3-8-25(22,23)10-12/h11-12H,1-10H2/t12-/m0/s1. The first-order valence-electron chi connectivity index (χ1n) is 8.65. The number of piperazine rings is 1. The summed E-state index contributed by atoms with van der Waals surface area (Å²) in [6.45, 7) is 2.81. The van der Waals surface area contributed by atoms with Crippen molar-refractivity contribution in [2.75, 3.05) is 43.4 Å². The Bertz CT molecular complexity index is 740. The largest absolute Gasteiger partial charge is 0.339 e. The lowest BCUT2D eigenvalue weighted by molar-refractivity contribution is -0.130. The molecule has 0 N–H and O–H groups in total. The molecular weight excluding hydrogens is 364 g/mol. The topological polar surface area (TPSA) is 101 Å². The van der Waals surface area contributed by atoms with E-state index in [1.54, 1.807) is 0 Å². The first-order chi connectivity index (χ1) is 12.0. The third kappa shape index (κ3) is 3.98. The SMILES string of the molecule is O=C(CSc1nnnn1C1CC1)N1CCN([C@H]2CCS(=O)(=O)C2)CC1. The van der Waals surface area contributed by atoms with Gasteiger partial charge in [-0.15, -0.1) is 5.10 Å². The van der Waals surface area contributed by atoms with E-state index in [2.05, 4.69) is 20.4 Å². The van der Waals surface area contributed by atoms with Gasteiger partial charge in [0.25, 0.3) is 0 Å². The van der Waals surface area contributed by atoms with Gasteiger partial charge in [-0.3, -0.25) is 9.69 Å². The summed E-state index contributed by atoms with van der Waals surface area (Å²) < 4.78 is 25.1. The third-order valence-corrected chi connectivity index (χ3v) is 7.74.